The van der Waals surface area contributed by atoms with Crippen LogP contribution in [0.4, 0.5) is 26.3 Å². The Labute approximate surface area is 265 Å². The molecular formula is C34H22Br2F6N2. The van der Waals surface area contributed by atoms with Gasteiger partial charge in [-0.1, -0.05) is 82.4 Å². The van der Waals surface area contributed by atoms with Crippen LogP contribution in [-0.4, -0.2) is 34.2 Å². The maximum atomic E-state index is 13.9. The second-order valence-corrected chi connectivity index (χ2v) is 13.1. The molecule has 7 rings (SSSR count). The van der Waals surface area contributed by atoms with Gasteiger partial charge in [-0.2, -0.15) is 26.3 Å². The zero-order valence-electron chi connectivity index (χ0n) is 23.4. The fourth-order valence-electron chi connectivity index (χ4n) is 7.02. The molecule has 224 valence electrons. The van der Waals surface area contributed by atoms with Crippen molar-refractivity contribution >= 4 is 97.7 Å². The highest BCUT2D eigenvalue weighted by molar-refractivity contribution is 9.11. The lowest BCUT2D eigenvalue weighted by molar-refractivity contribution is -0.164. The summed E-state index contributed by atoms with van der Waals surface area (Å²) in [4.78, 5) is 2.27. The van der Waals surface area contributed by atoms with Gasteiger partial charge in [0.25, 0.3) is 0 Å². The molecule has 0 aliphatic carbocycles. The predicted octanol–water partition coefficient (Wildman–Crippen LogP) is 11.7. The van der Waals surface area contributed by atoms with E-state index in [1.54, 1.807) is 24.3 Å². The van der Waals surface area contributed by atoms with Crippen LogP contribution < -0.4 is 0 Å². The molecule has 2 aliphatic rings. The first kappa shape index (κ1) is 29.2. The Kier molecular flexibility index (Phi) is 6.00. The Bertz CT molecular complexity index is 2040. The fourth-order valence-corrected chi connectivity index (χ4v) is 8.30. The molecule has 0 radical (unpaired) electrons. The number of hydrogen-bond acceptors (Lipinski definition) is 2. The van der Waals surface area contributed by atoms with Crippen molar-refractivity contribution in [3.05, 3.63) is 93.9 Å². The molecule has 2 aliphatic heterocycles. The third kappa shape index (κ3) is 3.61. The Hall–Kier alpha value is -3.50. The minimum atomic E-state index is -4.51. The summed E-state index contributed by atoms with van der Waals surface area (Å²) in [6.07, 6.45) is -9.02. The van der Waals surface area contributed by atoms with Crippen LogP contribution in [0.1, 0.15) is 36.1 Å². The summed E-state index contributed by atoms with van der Waals surface area (Å²) in [6.45, 7) is 18.5. The third-order valence-electron chi connectivity index (χ3n) is 9.14. The largest absolute Gasteiger partial charge is 0.408 e. The second-order valence-electron chi connectivity index (χ2n) is 11.3. The molecule has 0 aromatic heterocycles. The maximum absolute atomic E-state index is 13.9. The zero-order chi connectivity index (χ0) is 31.9. The molecule has 0 N–H and O–H groups in total. The molecule has 2 nitrogen and oxygen atoms in total. The predicted molar refractivity (Wildman–Crippen MR) is 174 cm³/mol. The highest BCUT2D eigenvalue weighted by atomic mass is 79.9. The minimum Gasteiger partial charge on any atom is -0.330 e. The molecule has 0 bridgehead atoms. The molecule has 5 aromatic rings. The van der Waals surface area contributed by atoms with Crippen LogP contribution in [0.3, 0.4) is 0 Å². The van der Waals surface area contributed by atoms with Gasteiger partial charge in [-0.25, -0.2) is 0 Å². The molecule has 0 saturated carbocycles. The summed E-state index contributed by atoms with van der Waals surface area (Å²) >= 11 is 7.44. The first-order valence-corrected chi connectivity index (χ1v) is 15.1. The Balaban J connectivity index is 1.60. The molecule has 44 heavy (non-hydrogen) atoms. The molecule has 5 aromatic carbocycles. The van der Waals surface area contributed by atoms with E-state index in [4.69, 9.17) is 0 Å². The smallest absolute Gasteiger partial charge is 0.330 e. The van der Waals surface area contributed by atoms with E-state index in [1.807, 2.05) is 12.1 Å². The van der Waals surface area contributed by atoms with Crippen molar-refractivity contribution in [2.24, 2.45) is 0 Å². The number of rotatable bonds is 2. The third-order valence-corrected chi connectivity index (χ3v) is 10.4. The number of fused-ring (bicyclic) bond motifs is 2. The van der Waals surface area contributed by atoms with E-state index in [9.17, 15) is 26.3 Å². The number of nitrogens with zero attached hydrogens (tertiary/aromatic N) is 2. The van der Waals surface area contributed by atoms with E-state index in [0.29, 0.717) is 31.2 Å². The summed E-state index contributed by atoms with van der Waals surface area (Å²) in [5, 5.41) is 6.43. The molecular weight excluding hydrogens is 710 g/mol. The number of hydrogen-bond donors (Lipinski definition) is 0. The lowest BCUT2D eigenvalue weighted by Gasteiger charge is -2.40. The minimum absolute atomic E-state index is 0.193. The van der Waals surface area contributed by atoms with Gasteiger partial charge in [-0.15, -0.1) is 0 Å². The number of halogens is 8. The average Bonchev–Trinajstić information content (AvgIpc) is 2.93. The highest BCUT2D eigenvalue weighted by Crippen LogP contribution is 2.55. The van der Waals surface area contributed by atoms with Crippen molar-refractivity contribution in [3.63, 3.8) is 0 Å². The van der Waals surface area contributed by atoms with Crippen molar-refractivity contribution in [3.8, 4) is 0 Å². The van der Waals surface area contributed by atoms with Gasteiger partial charge in [0, 0.05) is 75.5 Å². The maximum Gasteiger partial charge on any atom is 0.408 e. The van der Waals surface area contributed by atoms with Crippen molar-refractivity contribution in [1.82, 2.24) is 9.80 Å². The van der Waals surface area contributed by atoms with Gasteiger partial charge in [0.05, 0.1) is 0 Å². The Morgan fingerprint density at radius 2 is 0.841 bits per heavy atom. The number of benzene rings is 5. The highest BCUT2D eigenvalue weighted by Gasteiger charge is 2.45. The van der Waals surface area contributed by atoms with E-state index in [-0.39, 0.29) is 22.8 Å². The number of alkyl halides is 6. The van der Waals surface area contributed by atoms with Crippen molar-refractivity contribution < 1.29 is 26.3 Å². The van der Waals surface area contributed by atoms with Gasteiger partial charge in [-0.3, -0.25) is 0 Å². The van der Waals surface area contributed by atoms with Gasteiger partial charge in [0.1, 0.15) is 12.1 Å². The molecule has 10 heteroatoms. The summed E-state index contributed by atoms with van der Waals surface area (Å²) < 4.78 is 84.9. The van der Waals surface area contributed by atoms with Crippen LogP contribution in [0.2, 0.25) is 0 Å². The van der Waals surface area contributed by atoms with Gasteiger partial charge in [0.15, 0.2) is 0 Å². The van der Waals surface area contributed by atoms with E-state index in [0.717, 1.165) is 66.7 Å². The SMILES string of the molecule is C=C1c2ccc3c4c(Br)cc5c6c(ccc(c7c(Br)cc(c2c37)C(=C)N1C(C)C(F)(F)F)c64)C(=C)N(C(C)C(F)(F)F)C5=C. The summed E-state index contributed by atoms with van der Waals surface area (Å²) in [5.74, 6) is 0. The molecule has 0 fully saturated rings. The standard InChI is InChI=1S/C34H22Br2F6N2/c1-13-19-7-9-21-30-26(36)12-24-16(4)44(18(6)34(40,41)42)14(2)20-8-10-22(32(30)28(20)24)29-25(35)11-23(27(19)31(21)29)15(3)43(13)17(5)33(37,38)39/h7-12,17-18H,1-4H2,5-6H3. The lowest BCUT2D eigenvalue weighted by atomic mass is 9.80. The van der Waals surface area contributed by atoms with Crippen molar-refractivity contribution in [1.29, 1.82) is 0 Å². The summed E-state index contributed by atoms with van der Waals surface area (Å²) in [5.41, 5.74) is 3.04. The summed E-state index contributed by atoms with van der Waals surface area (Å²) in [7, 11) is 0. The first-order valence-electron chi connectivity index (χ1n) is 13.5. The van der Waals surface area contributed by atoms with Crippen LogP contribution in [0.25, 0.3) is 65.9 Å². The van der Waals surface area contributed by atoms with Crippen LogP contribution >= 0.6 is 31.9 Å². The molecule has 0 amide bonds. The molecule has 0 spiro atoms. The van der Waals surface area contributed by atoms with E-state index in [1.165, 1.54) is 0 Å². The van der Waals surface area contributed by atoms with Crippen molar-refractivity contribution in [2.75, 3.05) is 0 Å². The van der Waals surface area contributed by atoms with Gasteiger partial charge < -0.3 is 9.80 Å². The van der Waals surface area contributed by atoms with Crippen molar-refractivity contribution in [2.45, 2.75) is 38.3 Å². The quantitative estimate of drug-likeness (QED) is 0.101. The monoisotopic (exact) mass is 730 g/mol. The Morgan fingerprint density at radius 1 is 0.523 bits per heavy atom. The molecule has 2 heterocycles. The van der Waals surface area contributed by atoms with E-state index >= 15 is 0 Å². The van der Waals surface area contributed by atoms with Crippen LogP contribution in [0.15, 0.2) is 71.7 Å². The Morgan fingerprint density at radius 3 is 1.16 bits per heavy atom. The normalized spacial score (nSPS) is 17.2. The lowest BCUT2D eigenvalue weighted by Crippen LogP contribution is -2.42. The molecule has 2 atom stereocenters. The van der Waals surface area contributed by atoms with E-state index in [2.05, 4.69) is 58.2 Å². The van der Waals surface area contributed by atoms with Gasteiger partial charge in [0.2, 0.25) is 0 Å². The van der Waals surface area contributed by atoms with Crippen LogP contribution in [0, 0.1) is 0 Å². The average molecular weight is 732 g/mol. The van der Waals surface area contributed by atoms with Gasteiger partial charge in [-0.05, 0) is 47.5 Å². The van der Waals surface area contributed by atoms with Crippen LogP contribution in [-0.2, 0) is 0 Å². The second kappa shape index (κ2) is 9.03. The summed E-state index contributed by atoms with van der Waals surface area (Å²) in [6, 6.07) is 7.19. The van der Waals surface area contributed by atoms with E-state index < -0.39 is 24.4 Å². The van der Waals surface area contributed by atoms with Crippen LogP contribution in [0.5, 0.6) is 0 Å². The molecule has 2 unspecified atom stereocenters. The first-order chi connectivity index (χ1) is 20.5. The molecule has 0 saturated heterocycles. The fraction of sp³-hybridized carbons (Fsp3) is 0.176. The van der Waals surface area contributed by atoms with Gasteiger partial charge >= 0.3 is 12.4 Å². The zero-order valence-corrected chi connectivity index (χ0v) is 26.5. The topological polar surface area (TPSA) is 6.48 Å².